The Kier molecular flexibility index (Phi) is 5.18. The molecule has 2 aromatic rings. The van der Waals surface area contributed by atoms with E-state index in [1.807, 2.05) is 0 Å². The van der Waals surface area contributed by atoms with Gasteiger partial charge in [0.05, 0.1) is 17.8 Å². The quantitative estimate of drug-likeness (QED) is 0.853. The van der Waals surface area contributed by atoms with E-state index in [4.69, 9.17) is 18.0 Å². The number of para-hydroxylation sites is 1. The van der Waals surface area contributed by atoms with Gasteiger partial charge in [-0.15, -0.1) is 6.42 Å². The Labute approximate surface area is 133 Å². The summed E-state index contributed by atoms with van der Waals surface area (Å²) < 4.78 is 0. The lowest BCUT2D eigenvalue weighted by molar-refractivity contribution is 0.0959. The van der Waals surface area contributed by atoms with Crippen LogP contribution in [0.2, 0.25) is 5.02 Å². The van der Waals surface area contributed by atoms with E-state index in [0.717, 1.165) is 0 Å². The summed E-state index contributed by atoms with van der Waals surface area (Å²) in [7, 11) is 0. The van der Waals surface area contributed by atoms with Crippen molar-refractivity contribution in [2.45, 2.75) is 0 Å². The summed E-state index contributed by atoms with van der Waals surface area (Å²) in [6, 6.07) is 13.3. The summed E-state index contributed by atoms with van der Waals surface area (Å²) >= 11 is 5.87. The fourth-order valence-electron chi connectivity index (χ4n) is 1.84. The molecule has 0 bridgehead atoms. The van der Waals surface area contributed by atoms with Gasteiger partial charge < -0.3 is 10.6 Å². The predicted octanol–water partition coefficient (Wildman–Crippen LogP) is 2.96. The second-order valence-electron chi connectivity index (χ2n) is 4.40. The smallest absolute Gasteiger partial charge is 0.255 e. The zero-order valence-electron chi connectivity index (χ0n) is 11.6. The van der Waals surface area contributed by atoms with Crippen molar-refractivity contribution in [3.63, 3.8) is 0 Å². The average molecular weight is 313 g/mol. The molecule has 4 nitrogen and oxygen atoms in total. The van der Waals surface area contributed by atoms with Crippen LogP contribution < -0.4 is 10.6 Å². The lowest BCUT2D eigenvalue weighted by Gasteiger charge is -2.10. The van der Waals surface area contributed by atoms with E-state index in [9.17, 15) is 9.59 Å². The van der Waals surface area contributed by atoms with E-state index in [1.165, 1.54) is 0 Å². The molecular formula is C17H13ClN2O2. The van der Waals surface area contributed by atoms with Crippen molar-refractivity contribution < 1.29 is 9.59 Å². The standard InChI is InChI=1S/C17H13ClN2O2/c1-2-10-19-17(22)14-8-3-4-9-15(14)20-16(21)12-6-5-7-13(18)11-12/h1,3-9,11H,10H2,(H,19,22)(H,20,21). The molecule has 0 unspecified atom stereocenters. The number of carbonyl (C=O) groups excluding carboxylic acids is 2. The van der Waals surface area contributed by atoms with E-state index in [-0.39, 0.29) is 18.4 Å². The highest BCUT2D eigenvalue weighted by Gasteiger charge is 2.13. The summed E-state index contributed by atoms with van der Waals surface area (Å²) in [4.78, 5) is 24.2. The maximum atomic E-state index is 12.2. The molecule has 0 fully saturated rings. The highest BCUT2D eigenvalue weighted by molar-refractivity contribution is 6.31. The van der Waals surface area contributed by atoms with Crippen molar-refractivity contribution in [2.24, 2.45) is 0 Å². The Morgan fingerprint density at radius 2 is 1.86 bits per heavy atom. The topological polar surface area (TPSA) is 58.2 Å². The minimum Gasteiger partial charge on any atom is -0.341 e. The van der Waals surface area contributed by atoms with Crippen LogP contribution in [0.4, 0.5) is 5.69 Å². The first-order chi connectivity index (χ1) is 10.6. The molecule has 0 radical (unpaired) electrons. The van der Waals surface area contributed by atoms with Crippen molar-refractivity contribution in [3.05, 3.63) is 64.7 Å². The van der Waals surface area contributed by atoms with E-state index in [2.05, 4.69) is 16.6 Å². The summed E-state index contributed by atoms with van der Waals surface area (Å²) in [5, 5.41) is 5.73. The number of benzene rings is 2. The first-order valence-corrected chi connectivity index (χ1v) is 6.87. The highest BCUT2D eigenvalue weighted by Crippen LogP contribution is 2.17. The van der Waals surface area contributed by atoms with Crippen molar-refractivity contribution >= 4 is 29.1 Å². The first-order valence-electron chi connectivity index (χ1n) is 6.49. The molecule has 0 heterocycles. The second-order valence-corrected chi connectivity index (χ2v) is 4.83. The van der Waals surface area contributed by atoms with Gasteiger partial charge in [0.1, 0.15) is 0 Å². The van der Waals surface area contributed by atoms with Crippen molar-refractivity contribution in [3.8, 4) is 12.3 Å². The number of rotatable bonds is 4. The normalized spacial score (nSPS) is 9.64. The molecule has 0 aliphatic heterocycles. The number of halogens is 1. The highest BCUT2D eigenvalue weighted by atomic mass is 35.5. The van der Waals surface area contributed by atoms with Crippen LogP contribution in [-0.4, -0.2) is 18.4 Å². The van der Waals surface area contributed by atoms with Crippen molar-refractivity contribution in [1.82, 2.24) is 5.32 Å². The van der Waals surface area contributed by atoms with Gasteiger partial charge in [0.25, 0.3) is 11.8 Å². The lowest BCUT2D eigenvalue weighted by Crippen LogP contribution is -2.25. The molecule has 22 heavy (non-hydrogen) atoms. The van der Waals surface area contributed by atoms with Gasteiger partial charge in [0, 0.05) is 10.6 Å². The van der Waals surface area contributed by atoms with Crippen LogP contribution in [0.15, 0.2) is 48.5 Å². The molecule has 0 spiro atoms. The Bertz CT molecular complexity index is 750. The van der Waals surface area contributed by atoms with Gasteiger partial charge in [-0.2, -0.15) is 0 Å². The largest absolute Gasteiger partial charge is 0.341 e. The molecule has 2 N–H and O–H groups in total. The molecule has 0 aromatic heterocycles. The summed E-state index contributed by atoms with van der Waals surface area (Å²) in [6.45, 7) is 0.120. The molecule has 0 saturated carbocycles. The fraction of sp³-hybridized carbons (Fsp3) is 0.0588. The van der Waals surface area contributed by atoms with E-state index in [0.29, 0.717) is 21.8 Å². The lowest BCUT2D eigenvalue weighted by atomic mass is 10.1. The van der Waals surface area contributed by atoms with Gasteiger partial charge in [-0.3, -0.25) is 9.59 Å². The summed E-state index contributed by atoms with van der Waals surface area (Å²) in [6.07, 6.45) is 5.12. The summed E-state index contributed by atoms with van der Waals surface area (Å²) in [5.41, 5.74) is 1.15. The third-order valence-corrected chi connectivity index (χ3v) is 3.09. The number of terminal acetylenes is 1. The van der Waals surface area contributed by atoms with E-state index < -0.39 is 0 Å². The monoisotopic (exact) mass is 312 g/mol. The molecule has 0 atom stereocenters. The Morgan fingerprint density at radius 1 is 1.09 bits per heavy atom. The van der Waals surface area contributed by atoms with Crippen LogP contribution in [-0.2, 0) is 0 Å². The number of carbonyl (C=O) groups is 2. The van der Waals surface area contributed by atoms with Gasteiger partial charge in [0.15, 0.2) is 0 Å². The van der Waals surface area contributed by atoms with E-state index >= 15 is 0 Å². The Morgan fingerprint density at radius 3 is 2.59 bits per heavy atom. The van der Waals surface area contributed by atoms with Gasteiger partial charge >= 0.3 is 0 Å². The van der Waals surface area contributed by atoms with Crippen molar-refractivity contribution in [2.75, 3.05) is 11.9 Å². The molecule has 0 aliphatic rings. The number of hydrogen-bond acceptors (Lipinski definition) is 2. The van der Waals surface area contributed by atoms with Gasteiger partial charge in [0.2, 0.25) is 0 Å². The maximum Gasteiger partial charge on any atom is 0.255 e. The fourth-order valence-corrected chi connectivity index (χ4v) is 2.03. The van der Waals surface area contributed by atoms with Crippen LogP contribution in [0, 0.1) is 12.3 Å². The third kappa shape index (κ3) is 3.87. The van der Waals surface area contributed by atoms with Crippen LogP contribution in [0.1, 0.15) is 20.7 Å². The minimum atomic E-state index is -0.348. The van der Waals surface area contributed by atoms with Crippen molar-refractivity contribution in [1.29, 1.82) is 0 Å². The molecular weight excluding hydrogens is 300 g/mol. The SMILES string of the molecule is C#CCNC(=O)c1ccccc1NC(=O)c1cccc(Cl)c1. The van der Waals surface area contributed by atoms with Crippen LogP contribution >= 0.6 is 11.6 Å². The molecule has 0 aliphatic carbocycles. The Balaban J connectivity index is 2.21. The maximum absolute atomic E-state index is 12.2. The number of hydrogen-bond donors (Lipinski definition) is 2. The molecule has 110 valence electrons. The number of nitrogens with one attached hydrogen (secondary N) is 2. The van der Waals surface area contributed by atoms with E-state index in [1.54, 1.807) is 48.5 Å². The summed E-state index contributed by atoms with van der Waals surface area (Å²) in [5.74, 6) is 1.63. The number of amides is 2. The molecule has 5 heteroatoms. The zero-order valence-corrected chi connectivity index (χ0v) is 12.4. The molecule has 2 rings (SSSR count). The second kappa shape index (κ2) is 7.30. The molecule has 2 amide bonds. The van der Waals surface area contributed by atoms with Gasteiger partial charge in [-0.1, -0.05) is 35.7 Å². The third-order valence-electron chi connectivity index (χ3n) is 2.86. The Hall–Kier alpha value is -2.77. The van der Waals surface area contributed by atoms with Gasteiger partial charge in [-0.25, -0.2) is 0 Å². The average Bonchev–Trinajstić information content (AvgIpc) is 2.53. The van der Waals surface area contributed by atoms with Crippen LogP contribution in [0.5, 0.6) is 0 Å². The zero-order chi connectivity index (χ0) is 15.9. The minimum absolute atomic E-state index is 0.120. The van der Waals surface area contributed by atoms with Crippen LogP contribution in [0.3, 0.4) is 0 Å². The first kappa shape index (κ1) is 15.6. The van der Waals surface area contributed by atoms with Gasteiger partial charge in [-0.05, 0) is 30.3 Å². The number of anilines is 1. The predicted molar refractivity (Wildman–Crippen MR) is 87.0 cm³/mol. The molecule has 0 saturated heterocycles. The van der Waals surface area contributed by atoms with Crippen LogP contribution in [0.25, 0.3) is 0 Å². The molecule has 2 aromatic carbocycles.